The molecule has 1 heterocycles. The summed E-state index contributed by atoms with van der Waals surface area (Å²) in [5.74, 6) is -0.483. The normalized spacial score (nSPS) is 10.3. The first kappa shape index (κ1) is 14.5. The second-order valence-electron chi connectivity index (χ2n) is 5.10. The molecule has 2 aromatic carbocycles. The molecule has 0 atom stereocenters. The quantitative estimate of drug-likeness (QED) is 0.788. The molecule has 5 nitrogen and oxygen atoms in total. The second kappa shape index (κ2) is 5.78. The SMILES string of the molecule is CC(=O)n1cc(C(=O)Nc2cccc(C#N)c2)c2ccccc21. The number of nitrogens with zero attached hydrogens (tertiary/aromatic N) is 2. The Hall–Kier alpha value is -3.39. The summed E-state index contributed by atoms with van der Waals surface area (Å²) < 4.78 is 1.45. The highest BCUT2D eigenvalue weighted by molar-refractivity contribution is 6.14. The number of carbonyl (C=O) groups is 2. The van der Waals surface area contributed by atoms with E-state index < -0.39 is 0 Å². The predicted octanol–water partition coefficient (Wildman–Crippen LogP) is 3.43. The summed E-state index contributed by atoms with van der Waals surface area (Å²) in [6, 6.07) is 15.9. The summed E-state index contributed by atoms with van der Waals surface area (Å²) >= 11 is 0. The van der Waals surface area contributed by atoms with E-state index in [0.717, 1.165) is 0 Å². The molecule has 0 saturated carbocycles. The van der Waals surface area contributed by atoms with E-state index in [1.807, 2.05) is 18.2 Å². The second-order valence-corrected chi connectivity index (χ2v) is 5.10. The molecule has 3 aromatic rings. The first-order chi connectivity index (χ1) is 11.1. The minimum Gasteiger partial charge on any atom is -0.322 e. The van der Waals surface area contributed by atoms with Gasteiger partial charge in [0.05, 0.1) is 22.7 Å². The van der Waals surface area contributed by atoms with Gasteiger partial charge in [-0.25, -0.2) is 0 Å². The number of hydrogen-bond donors (Lipinski definition) is 1. The number of nitrogens with one attached hydrogen (secondary N) is 1. The third-order valence-corrected chi connectivity index (χ3v) is 3.55. The van der Waals surface area contributed by atoms with E-state index >= 15 is 0 Å². The lowest BCUT2D eigenvalue weighted by Crippen LogP contribution is -2.12. The van der Waals surface area contributed by atoms with Gasteiger partial charge in [0.25, 0.3) is 5.91 Å². The van der Waals surface area contributed by atoms with Gasteiger partial charge in [0.1, 0.15) is 0 Å². The number of hydrogen-bond acceptors (Lipinski definition) is 3. The molecule has 1 N–H and O–H groups in total. The van der Waals surface area contributed by atoms with E-state index in [-0.39, 0.29) is 11.8 Å². The van der Waals surface area contributed by atoms with Crippen molar-refractivity contribution >= 4 is 28.4 Å². The molecular formula is C18H13N3O2. The van der Waals surface area contributed by atoms with Gasteiger partial charge in [-0.15, -0.1) is 0 Å². The van der Waals surface area contributed by atoms with Gasteiger partial charge < -0.3 is 5.32 Å². The molecule has 0 aliphatic rings. The Bertz CT molecular complexity index is 964. The van der Waals surface area contributed by atoms with E-state index in [9.17, 15) is 9.59 Å². The van der Waals surface area contributed by atoms with Crippen LogP contribution in [0.1, 0.15) is 27.6 Å². The van der Waals surface area contributed by atoms with Crippen molar-refractivity contribution in [3.8, 4) is 6.07 Å². The number of rotatable bonds is 2. The van der Waals surface area contributed by atoms with Crippen molar-refractivity contribution in [3.63, 3.8) is 0 Å². The number of fused-ring (bicyclic) bond motifs is 1. The fourth-order valence-electron chi connectivity index (χ4n) is 2.49. The van der Waals surface area contributed by atoms with Crippen LogP contribution in [0.5, 0.6) is 0 Å². The van der Waals surface area contributed by atoms with Gasteiger partial charge in [-0.1, -0.05) is 24.3 Å². The van der Waals surface area contributed by atoms with Gasteiger partial charge in [-0.2, -0.15) is 5.26 Å². The van der Waals surface area contributed by atoms with E-state index in [1.165, 1.54) is 17.7 Å². The smallest absolute Gasteiger partial charge is 0.257 e. The van der Waals surface area contributed by atoms with Crippen LogP contribution in [0.3, 0.4) is 0 Å². The lowest BCUT2D eigenvalue weighted by Gasteiger charge is -2.04. The zero-order valence-corrected chi connectivity index (χ0v) is 12.4. The van der Waals surface area contributed by atoms with Crippen LogP contribution in [0.25, 0.3) is 10.9 Å². The largest absolute Gasteiger partial charge is 0.322 e. The molecular weight excluding hydrogens is 290 g/mol. The lowest BCUT2D eigenvalue weighted by molar-refractivity contribution is 0.0941. The maximum atomic E-state index is 12.5. The molecule has 0 spiro atoms. The van der Waals surface area contributed by atoms with Crippen LogP contribution >= 0.6 is 0 Å². The number of para-hydroxylation sites is 1. The molecule has 1 amide bonds. The summed E-state index contributed by atoms with van der Waals surface area (Å²) in [4.78, 5) is 24.3. The molecule has 0 radical (unpaired) electrons. The van der Waals surface area contributed by atoms with E-state index in [0.29, 0.717) is 27.7 Å². The Kier molecular flexibility index (Phi) is 3.65. The van der Waals surface area contributed by atoms with Crippen LogP contribution in [-0.4, -0.2) is 16.4 Å². The summed E-state index contributed by atoms with van der Waals surface area (Å²) in [6.45, 7) is 1.45. The standard InChI is InChI=1S/C18H13N3O2/c1-12(22)21-11-16(15-7-2-3-8-17(15)21)18(23)20-14-6-4-5-13(9-14)10-19/h2-9,11H,1H3,(H,20,23). The van der Waals surface area contributed by atoms with Crippen molar-refractivity contribution in [1.29, 1.82) is 5.26 Å². The molecule has 5 heteroatoms. The minimum atomic E-state index is -0.323. The summed E-state index contributed by atoms with van der Waals surface area (Å²) in [5.41, 5.74) is 2.11. The number of aromatic nitrogens is 1. The monoisotopic (exact) mass is 303 g/mol. The Labute approximate surface area is 132 Å². The zero-order chi connectivity index (χ0) is 16.4. The average Bonchev–Trinajstić information content (AvgIpc) is 2.95. The average molecular weight is 303 g/mol. The van der Waals surface area contributed by atoms with Crippen LogP contribution in [0.15, 0.2) is 54.7 Å². The van der Waals surface area contributed by atoms with Gasteiger partial charge in [0, 0.05) is 24.2 Å². The van der Waals surface area contributed by atoms with E-state index in [2.05, 4.69) is 5.32 Å². The van der Waals surface area contributed by atoms with Gasteiger partial charge in [-0.3, -0.25) is 14.2 Å². The molecule has 112 valence electrons. The number of amides is 1. The molecule has 0 saturated heterocycles. The highest BCUT2D eigenvalue weighted by atomic mass is 16.2. The fraction of sp³-hybridized carbons (Fsp3) is 0.0556. The molecule has 23 heavy (non-hydrogen) atoms. The molecule has 3 rings (SSSR count). The highest BCUT2D eigenvalue weighted by Gasteiger charge is 2.16. The number of anilines is 1. The van der Waals surface area contributed by atoms with Crippen LogP contribution in [0.2, 0.25) is 0 Å². The van der Waals surface area contributed by atoms with Crippen molar-refractivity contribution in [1.82, 2.24) is 4.57 Å². The molecule has 0 aliphatic heterocycles. The van der Waals surface area contributed by atoms with Crippen LogP contribution in [0, 0.1) is 11.3 Å². The number of benzene rings is 2. The van der Waals surface area contributed by atoms with Crippen molar-refractivity contribution in [2.45, 2.75) is 6.92 Å². The number of carbonyl (C=O) groups excluding carboxylic acids is 2. The fourth-order valence-corrected chi connectivity index (χ4v) is 2.49. The highest BCUT2D eigenvalue weighted by Crippen LogP contribution is 2.22. The Balaban J connectivity index is 2.01. The van der Waals surface area contributed by atoms with Crippen molar-refractivity contribution < 1.29 is 9.59 Å². The minimum absolute atomic E-state index is 0.160. The maximum absolute atomic E-state index is 12.5. The molecule has 0 fully saturated rings. The van der Waals surface area contributed by atoms with Crippen molar-refractivity contribution in [2.75, 3.05) is 5.32 Å². The molecule has 0 aliphatic carbocycles. The van der Waals surface area contributed by atoms with Crippen molar-refractivity contribution in [2.24, 2.45) is 0 Å². The molecule has 1 aromatic heterocycles. The van der Waals surface area contributed by atoms with Crippen LogP contribution in [0.4, 0.5) is 5.69 Å². The Morgan fingerprint density at radius 3 is 2.65 bits per heavy atom. The van der Waals surface area contributed by atoms with E-state index in [1.54, 1.807) is 36.4 Å². The third kappa shape index (κ3) is 2.70. The first-order valence-electron chi connectivity index (χ1n) is 7.02. The Morgan fingerprint density at radius 2 is 1.91 bits per heavy atom. The predicted molar refractivity (Wildman–Crippen MR) is 87.3 cm³/mol. The van der Waals surface area contributed by atoms with Crippen LogP contribution in [-0.2, 0) is 0 Å². The van der Waals surface area contributed by atoms with Gasteiger partial charge >= 0.3 is 0 Å². The van der Waals surface area contributed by atoms with Crippen molar-refractivity contribution in [3.05, 3.63) is 65.9 Å². The summed E-state index contributed by atoms with van der Waals surface area (Å²) in [5, 5.41) is 12.4. The van der Waals surface area contributed by atoms with Gasteiger partial charge in [-0.05, 0) is 24.3 Å². The van der Waals surface area contributed by atoms with Gasteiger partial charge in [0.2, 0.25) is 5.91 Å². The van der Waals surface area contributed by atoms with Gasteiger partial charge in [0.15, 0.2) is 0 Å². The summed E-state index contributed by atoms with van der Waals surface area (Å²) in [7, 11) is 0. The first-order valence-corrected chi connectivity index (χ1v) is 7.02. The molecule has 0 unspecified atom stereocenters. The Morgan fingerprint density at radius 1 is 1.13 bits per heavy atom. The zero-order valence-electron chi connectivity index (χ0n) is 12.4. The number of nitriles is 1. The topological polar surface area (TPSA) is 74.9 Å². The third-order valence-electron chi connectivity index (χ3n) is 3.55. The maximum Gasteiger partial charge on any atom is 0.257 e. The lowest BCUT2D eigenvalue weighted by atomic mass is 10.1. The van der Waals surface area contributed by atoms with Crippen LogP contribution < -0.4 is 5.32 Å². The molecule has 0 bridgehead atoms. The van der Waals surface area contributed by atoms with E-state index in [4.69, 9.17) is 5.26 Å². The summed E-state index contributed by atoms with van der Waals surface area (Å²) in [6.07, 6.45) is 1.54.